The Kier molecular flexibility index (Phi) is 4.54. The normalized spacial score (nSPS) is 11.8. The van der Waals surface area contributed by atoms with Crippen molar-refractivity contribution in [1.82, 2.24) is 5.48 Å². The fraction of sp³-hybridized carbons (Fsp3) is 1.00. The average molecular weight is 168 g/mol. The van der Waals surface area contributed by atoms with Crippen LogP contribution in [0.15, 0.2) is 0 Å². The van der Waals surface area contributed by atoms with Crippen molar-refractivity contribution in [1.29, 1.82) is 0 Å². The van der Waals surface area contributed by atoms with E-state index in [0.717, 1.165) is 0 Å². The Balaban J connectivity index is 3.49. The summed E-state index contributed by atoms with van der Waals surface area (Å²) in [7, 11) is -3.36. The predicted octanol–water partition coefficient (Wildman–Crippen LogP) is -1.18. The van der Waals surface area contributed by atoms with E-state index in [2.05, 4.69) is 9.76 Å². The molecule has 0 fully saturated rings. The van der Waals surface area contributed by atoms with Crippen LogP contribution < -0.4 is 11.2 Å². The molecule has 0 saturated heterocycles. The molecule has 0 aliphatic heterocycles. The van der Waals surface area contributed by atoms with Crippen LogP contribution >= 0.6 is 0 Å². The van der Waals surface area contributed by atoms with Crippen LogP contribution in [0.25, 0.3) is 0 Å². The highest BCUT2D eigenvalue weighted by Crippen LogP contribution is 1.86. The van der Waals surface area contributed by atoms with Crippen LogP contribution in [0.3, 0.4) is 0 Å². The molecule has 0 atom stereocenters. The van der Waals surface area contributed by atoms with Crippen LogP contribution in [0, 0.1) is 0 Å². The summed E-state index contributed by atoms with van der Waals surface area (Å²) in [6.45, 7) is 2.18. The topological polar surface area (TPSA) is 81.4 Å². The van der Waals surface area contributed by atoms with Gasteiger partial charge in [-0.3, -0.25) is 0 Å². The number of hydrogen-bond acceptors (Lipinski definition) is 5. The second kappa shape index (κ2) is 4.62. The maximum atomic E-state index is 10.5. The second-order valence-electron chi connectivity index (χ2n) is 1.61. The Hall–Kier alpha value is -0.170. The smallest absolute Gasteiger partial charge is 0.282 e. The molecule has 0 radical (unpaired) electrons. The lowest BCUT2D eigenvalue weighted by molar-refractivity contribution is 0.208. The van der Waals surface area contributed by atoms with Gasteiger partial charge < -0.3 is 5.73 Å². The van der Waals surface area contributed by atoms with Gasteiger partial charge in [0.2, 0.25) is 0 Å². The number of rotatable bonds is 5. The molecule has 10 heavy (non-hydrogen) atoms. The third kappa shape index (κ3) is 4.68. The molecule has 0 aromatic rings. The summed E-state index contributed by atoms with van der Waals surface area (Å²) < 4.78 is 25.4. The molecular formula is C4H12N2O3S. The van der Waals surface area contributed by atoms with Crippen molar-refractivity contribution < 1.29 is 12.7 Å². The molecule has 0 unspecified atom stereocenters. The fourth-order valence-electron chi connectivity index (χ4n) is 0.249. The molecule has 0 saturated carbocycles. The van der Waals surface area contributed by atoms with Crippen molar-refractivity contribution >= 4 is 10.1 Å². The molecule has 0 amide bonds. The van der Waals surface area contributed by atoms with Gasteiger partial charge in [0, 0.05) is 13.1 Å². The summed E-state index contributed by atoms with van der Waals surface area (Å²) in [6, 6.07) is 0. The third-order valence-corrected chi connectivity index (χ3v) is 1.86. The van der Waals surface area contributed by atoms with Crippen molar-refractivity contribution in [2.24, 2.45) is 5.73 Å². The van der Waals surface area contributed by atoms with E-state index < -0.39 is 10.1 Å². The molecule has 62 valence electrons. The van der Waals surface area contributed by atoms with Crippen LogP contribution in [-0.2, 0) is 14.4 Å². The first-order chi connectivity index (χ1) is 4.62. The largest absolute Gasteiger partial charge is 0.329 e. The summed E-state index contributed by atoms with van der Waals surface area (Å²) in [5, 5.41) is 0. The maximum Gasteiger partial charge on any atom is 0.282 e. The van der Waals surface area contributed by atoms with Gasteiger partial charge in [-0.2, -0.15) is 18.2 Å². The van der Waals surface area contributed by atoms with Gasteiger partial charge in [-0.1, -0.05) is 0 Å². The molecule has 0 rings (SSSR count). The Bertz CT molecular complexity index is 165. The summed E-state index contributed by atoms with van der Waals surface area (Å²) in [4.78, 5) is 0. The van der Waals surface area contributed by atoms with Crippen LogP contribution in [0.1, 0.15) is 6.92 Å². The molecule has 0 heterocycles. The highest BCUT2D eigenvalue weighted by Gasteiger charge is 2.05. The molecular weight excluding hydrogens is 156 g/mol. The standard InChI is InChI=1S/C4H12N2O3S/c1-2-10(7,8)9-6-4-3-5/h6H,2-5H2,1H3. The molecule has 0 bridgehead atoms. The molecule has 5 nitrogen and oxygen atoms in total. The molecule has 6 heteroatoms. The van der Waals surface area contributed by atoms with Crippen LogP contribution in [0.5, 0.6) is 0 Å². The lowest BCUT2D eigenvalue weighted by Crippen LogP contribution is -2.26. The zero-order valence-corrected chi connectivity index (χ0v) is 6.65. The van der Waals surface area contributed by atoms with E-state index in [4.69, 9.17) is 5.73 Å². The van der Waals surface area contributed by atoms with Gasteiger partial charge in [-0.25, -0.2) is 0 Å². The van der Waals surface area contributed by atoms with Gasteiger partial charge in [-0.15, -0.1) is 0 Å². The highest BCUT2D eigenvalue weighted by molar-refractivity contribution is 7.86. The number of nitrogens with two attached hydrogens (primary N) is 1. The maximum absolute atomic E-state index is 10.5. The molecule has 0 aromatic heterocycles. The Labute approximate surface area is 60.6 Å². The van der Waals surface area contributed by atoms with E-state index in [9.17, 15) is 8.42 Å². The van der Waals surface area contributed by atoms with Gasteiger partial charge >= 0.3 is 0 Å². The van der Waals surface area contributed by atoms with Crippen molar-refractivity contribution in [3.05, 3.63) is 0 Å². The first kappa shape index (κ1) is 9.83. The predicted molar refractivity (Wildman–Crippen MR) is 37.6 cm³/mol. The molecule has 3 N–H and O–H groups in total. The van der Waals surface area contributed by atoms with Crippen molar-refractivity contribution in [3.8, 4) is 0 Å². The quantitative estimate of drug-likeness (QED) is 0.399. The summed E-state index contributed by atoms with van der Waals surface area (Å²) in [5.41, 5.74) is 7.28. The third-order valence-electron chi connectivity index (χ3n) is 0.786. The number of hydrogen-bond donors (Lipinski definition) is 2. The SMILES string of the molecule is CCS(=O)(=O)ONCCN. The van der Waals surface area contributed by atoms with Gasteiger partial charge in [0.15, 0.2) is 0 Å². The van der Waals surface area contributed by atoms with E-state index >= 15 is 0 Å². The van der Waals surface area contributed by atoms with Gasteiger partial charge in [0.1, 0.15) is 0 Å². The minimum absolute atomic E-state index is 0.0371. The van der Waals surface area contributed by atoms with E-state index in [0.29, 0.717) is 13.1 Å². The Morgan fingerprint density at radius 3 is 2.60 bits per heavy atom. The van der Waals surface area contributed by atoms with Crippen molar-refractivity contribution in [2.75, 3.05) is 18.8 Å². The molecule has 0 aromatic carbocycles. The van der Waals surface area contributed by atoms with Crippen LogP contribution in [0.4, 0.5) is 0 Å². The van der Waals surface area contributed by atoms with E-state index in [1.165, 1.54) is 6.92 Å². The first-order valence-corrected chi connectivity index (χ1v) is 4.54. The highest BCUT2D eigenvalue weighted by atomic mass is 32.2. The number of nitrogens with one attached hydrogen (secondary N) is 1. The summed E-state index contributed by atoms with van der Waals surface area (Å²) >= 11 is 0. The zero-order valence-electron chi connectivity index (χ0n) is 5.83. The molecule has 0 aliphatic carbocycles. The van der Waals surface area contributed by atoms with E-state index in [-0.39, 0.29) is 5.75 Å². The van der Waals surface area contributed by atoms with Crippen LogP contribution in [-0.4, -0.2) is 27.3 Å². The molecule has 0 spiro atoms. The monoisotopic (exact) mass is 168 g/mol. The zero-order chi connectivity index (χ0) is 8.04. The summed E-state index contributed by atoms with van der Waals surface area (Å²) in [5.74, 6) is -0.0371. The molecule has 0 aliphatic rings. The van der Waals surface area contributed by atoms with E-state index in [1.807, 2.05) is 0 Å². The fourth-order valence-corrected chi connectivity index (χ4v) is 0.630. The first-order valence-electron chi connectivity index (χ1n) is 2.96. The van der Waals surface area contributed by atoms with E-state index in [1.54, 1.807) is 0 Å². The van der Waals surface area contributed by atoms with Gasteiger partial charge in [-0.05, 0) is 6.92 Å². The van der Waals surface area contributed by atoms with Crippen molar-refractivity contribution in [2.45, 2.75) is 6.92 Å². The Morgan fingerprint density at radius 1 is 1.60 bits per heavy atom. The lowest BCUT2D eigenvalue weighted by Gasteiger charge is -2.01. The van der Waals surface area contributed by atoms with Gasteiger partial charge in [0.25, 0.3) is 10.1 Å². The van der Waals surface area contributed by atoms with Crippen LogP contribution in [0.2, 0.25) is 0 Å². The minimum atomic E-state index is -3.36. The Morgan fingerprint density at radius 2 is 2.20 bits per heavy atom. The lowest BCUT2D eigenvalue weighted by atomic mass is 10.7. The van der Waals surface area contributed by atoms with Crippen molar-refractivity contribution in [3.63, 3.8) is 0 Å². The van der Waals surface area contributed by atoms with Gasteiger partial charge in [0.05, 0.1) is 5.75 Å². The average Bonchev–Trinajstić information content (AvgIpc) is 1.89. The number of hydroxylamine groups is 1. The minimum Gasteiger partial charge on any atom is -0.329 e. The summed E-state index contributed by atoms with van der Waals surface area (Å²) in [6.07, 6.45) is 0. The second-order valence-corrected chi connectivity index (χ2v) is 3.47.